The Morgan fingerprint density at radius 2 is 1.05 bits per heavy atom. The quantitative estimate of drug-likeness (QED) is 0.0248. The molecular weight excluding hydrogens is 732 g/mol. The summed E-state index contributed by atoms with van der Waals surface area (Å²) in [5.74, 6) is -0.199. The van der Waals surface area contributed by atoms with Gasteiger partial charge in [-0.1, -0.05) is 169 Å². The van der Waals surface area contributed by atoms with E-state index in [1.807, 2.05) is 27.2 Å². The molecule has 0 aliphatic carbocycles. The van der Waals surface area contributed by atoms with Gasteiger partial charge in [0.2, 0.25) is 5.91 Å². The Morgan fingerprint density at radius 3 is 1.53 bits per heavy atom. The Bertz CT molecular complexity index is 1240. The van der Waals surface area contributed by atoms with E-state index in [0.717, 1.165) is 89.9 Å². The number of phosphoric acid groups is 1. The number of hydrogen-bond acceptors (Lipinski definition) is 5. The average Bonchev–Trinajstić information content (AvgIpc) is 3.16. The average molecular weight is 816 g/mol. The van der Waals surface area contributed by atoms with Gasteiger partial charge in [0.15, 0.2) is 0 Å². The van der Waals surface area contributed by atoms with Crippen LogP contribution in [0.15, 0.2) is 97.2 Å². The molecule has 0 bridgehead atoms. The zero-order valence-electron chi connectivity index (χ0n) is 36.8. The Balaban J connectivity index is 3.99. The van der Waals surface area contributed by atoms with Gasteiger partial charge in [0, 0.05) is 6.42 Å². The molecule has 3 N–H and O–H groups in total. The van der Waals surface area contributed by atoms with E-state index in [9.17, 15) is 19.4 Å². The van der Waals surface area contributed by atoms with Crippen LogP contribution in [0.4, 0.5) is 0 Å². The van der Waals surface area contributed by atoms with Gasteiger partial charge in [-0.2, -0.15) is 0 Å². The maximum absolute atomic E-state index is 12.7. The van der Waals surface area contributed by atoms with Crippen LogP contribution in [0.3, 0.4) is 0 Å². The minimum Gasteiger partial charge on any atom is -0.387 e. The number of allylic oxidation sites excluding steroid dienone is 15. The summed E-state index contributed by atoms with van der Waals surface area (Å²) < 4.78 is 23.3. The first-order chi connectivity index (χ1) is 27.5. The molecule has 57 heavy (non-hydrogen) atoms. The van der Waals surface area contributed by atoms with Crippen molar-refractivity contribution in [3.63, 3.8) is 0 Å². The maximum Gasteiger partial charge on any atom is 0.472 e. The van der Waals surface area contributed by atoms with Crippen molar-refractivity contribution in [2.75, 3.05) is 40.9 Å². The fraction of sp³-hybridized carbons (Fsp3) is 0.646. The summed E-state index contributed by atoms with van der Waals surface area (Å²) in [4.78, 5) is 22.8. The minimum absolute atomic E-state index is 0.0538. The van der Waals surface area contributed by atoms with Crippen molar-refractivity contribution in [1.82, 2.24) is 5.32 Å². The van der Waals surface area contributed by atoms with Crippen molar-refractivity contribution in [2.45, 2.75) is 161 Å². The van der Waals surface area contributed by atoms with E-state index in [4.69, 9.17) is 9.05 Å². The molecule has 0 spiro atoms. The number of quaternary nitrogens is 1. The second kappa shape index (κ2) is 38.9. The molecule has 0 aromatic rings. The number of nitrogens with zero attached hydrogens (tertiary/aromatic N) is 1. The van der Waals surface area contributed by atoms with E-state index in [0.29, 0.717) is 17.4 Å². The molecule has 0 aliphatic rings. The number of rotatable bonds is 38. The SMILES string of the molecule is CC/C=C\C/C=C\C/C=C\C/C=C\C/C=C\C/C=C\C/C=C\CCCCCCCCCCCC(=O)NC(COP(=O)(O)OCC[N+](C)(C)C)C(O)/C=C/CCCC. The number of phosphoric ester groups is 1. The molecule has 9 heteroatoms. The minimum atomic E-state index is -4.32. The van der Waals surface area contributed by atoms with Crippen molar-refractivity contribution >= 4 is 13.7 Å². The molecule has 0 heterocycles. The molecule has 3 atom stereocenters. The second-order valence-corrected chi connectivity index (χ2v) is 17.1. The molecule has 0 aromatic carbocycles. The van der Waals surface area contributed by atoms with Crippen molar-refractivity contribution in [1.29, 1.82) is 0 Å². The van der Waals surface area contributed by atoms with Crippen LogP contribution in [0.5, 0.6) is 0 Å². The lowest BCUT2D eigenvalue weighted by Crippen LogP contribution is -2.45. The molecule has 0 fully saturated rings. The van der Waals surface area contributed by atoms with E-state index in [-0.39, 0.29) is 19.1 Å². The van der Waals surface area contributed by atoms with Crippen molar-refractivity contribution in [3.8, 4) is 0 Å². The number of carbonyl (C=O) groups excluding carboxylic acids is 1. The number of unbranched alkanes of at least 4 members (excludes halogenated alkanes) is 11. The summed E-state index contributed by atoms with van der Waals surface area (Å²) in [6.45, 7) is 4.51. The highest BCUT2D eigenvalue weighted by molar-refractivity contribution is 7.47. The highest BCUT2D eigenvalue weighted by Gasteiger charge is 2.27. The van der Waals surface area contributed by atoms with Crippen molar-refractivity contribution in [2.24, 2.45) is 0 Å². The molecule has 0 aromatic heterocycles. The number of carbonyl (C=O) groups is 1. The molecule has 3 unspecified atom stereocenters. The van der Waals surface area contributed by atoms with Gasteiger partial charge in [0.25, 0.3) is 0 Å². The van der Waals surface area contributed by atoms with Crippen LogP contribution < -0.4 is 5.32 Å². The van der Waals surface area contributed by atoms with E-state index in [1.54, 1.807) is 6.08 Å². The van der Waals surface area contributed by atoms with Gasteiger partial charge < -0.3 is 19.8 Å². The first kappa shape index (κ1) is 54.4. The van der Waals surface area contributed by atoms with Gasteiger partial charge in [-0.3, -0.25) is 13.8 Å². The Labute approximate surface area is 349 Å². The van der Waals surface area contributed by atoms with Crippen LogP contribution in [0.1, 0.15) is 149 Å². The zero-order valence-corrected chi connectivity index (χ0v) is 37.7. The number of hydrogen-bond donors (Lipinski definition) is 3. The van der Waals surface area contributed by atoms with Gasteiger partial charge in [-0.25, -0.2) is 4.57 Å². The third-order valence-corrected chi connectivity index (χ3v) is 10.0. The number of aliphatic hydroxyl groups excluding tert-OH is 1. The molecule has 1 amide bonds. The first-order valence-electron chi connectivity index (χ1n) is 22.1. The molecule has 0 saturated carbocycles. The van der Waals surface area contributed by atoms with Gasteiger partial charge in [-0.05, 0) is 70.6 Å². The molecule has 0 saturated heterocycles. The third-order valence-electron chi connectivity index (χ3n) is 9.06. The predicted molar refractivity (Wildman–Crippen MR) is 244 cm³/mol. The highest BCUT2D eigenvalue weighted by Crippen LogP contribution is 2.43. The number of aliphatic hydroxyl groups is 1. The molecular formula is C48H84N2O6P+. The van der Waals surface area contributed by atoms with Crippen molar-refractivity contribution < 1.29 is 32.9 Å². The predicted octanol–water partition coefficient (Wildman–Crippen LogP) is 12.4. The van der Waals surface area contributed by atoms with Crippen LogP contribution in [-0.4, -0.2) is 73.4 Å². The second-order valence-electron chi connectivity index (χ2n) is 15.7. The van der Waals surface area contributed by atoms with E-state index in [2.05, 4.69) is 104 Å². The zero-order chi connectivity index (χ0) is 42.1. The fourth-order valence-electron chi connectivity index (χ4n) is 5.53. The smallest absolute Gasteiger partial charge is 0.387 e. The number of amides is 1. The normalized spacial score (nSPS) is 15.3. The summed E-state index contributed by atoms with van der Waals surface area (Å²) in [6, 6.07) is -0.851. The summed E-state index contributed by atoms with van der Waals surface area (Å²) in [5.41, 5.74) is 0. The molecule has 326 valence electrons. The Hall–Kier alpha value is -2.58. The van der Waals surface area contributed by atoms with Crippen LogP contribution >= 0.6 is 7.82 Å². The summed E-state index contributed by atoms with van der Waals surface area (Å²) in [7, 11) is 1.54. The lowest BCUT2D eigenvalue weighted by atomic mass is 10.1. The Morgan fingerprint density at radius 1 is 0.614 bits per heavy atom. The Kier molecular flexibility index (Phi) is 37.2. The highest BCUT2D eigenvalue weighted by atomic mass is 31.2. The molecule has 0 radical (unpaired) electrons. The van der Waals surface area contributed by atoms with Gasteiger partial charge >= 0.3 is 7.82 Å². The maximum atomic E-state index is 12.7. The fourth-order valence-corrected chi connectivity index (χ4v) is 6.27. The van der Waals surface area contributed by atoms with E-state index < -0.39 is 20.0 Å². The largest absolute Gasteiger partial charge is 0.472 e. The topological polar surface area (TPSA) is 105 Å². The van der Waals surface area contributed by atoms with Crippen LogP contribution in [0, 0.1) is 0 Å². The van der Waals surface area contributed by atoms with Crippen LogP contribution in [0.2, 0.25) is 0 Å². The number of likely N-dealkylation sites (N-methyl/N-ethyl adjacent to an activating group) is 1. The standard InChI is InChI=1S/C48H83N2O6P/c1-6-8-10-12-13-14-15-16-17-18-19-20-21-22-23-24-25-26-27-28-29-30-31-32-33-34-35-36-37-38-40-42-48(52)49-46(47(51)41-39-11-9-7-2)45-56-57(53,54)55-44-43-50(3,4)5/h8,10,13-14,16-17,19-20,22-23,25-26,28-29,39,41,46-47,51H,6-7,9,11-12,15,18,21,24,27,30-38,40,42-45H2,1-5H3,(H-,49,52,53,54)/p+1/b10-8-,14-13-,17-16-,20-19-,23-22-,26-25-,29-28-,41-39+. The van der Waals surface area contributed by atoms with Gasteiger partial charge in [-0.15, -0.1) is 0 Å². The lowest BCUT2D eigenvalue weighted by Gasteiger charge is -2.25. The van der Waals surface area contributed by atoms with Gasteiger partial charge in [0.05, 0.1) is 39.9 Å². The van der Waals surface area contributed by atoms with E-state index in [1.165, 1.54) is 38.5 Å². The third kappa shape index (κ3) is 41.4. The van der Waals surface area contributed by atoms with Crippen molar-refractivity contribution in [3.05, 3.63) is 97.2 Å². The number of nitrogens with one attached hydrogen (secondary N) is 1. The summed E-state index contributed by atoms with van der Waals surface area (Å²) in [5, 5.41) is 13.5. The van der Waals surface area contributed by atoms with E-state index >= 15 is 0 Å². The first-order valence-corrected chi connectivity index (χ1v) is 23.6. The summed E-state index contributed by atoms with van der Waals surface area (Å²) in [6.07, 6.45) is 55.5. The van der Waals surface area contributed by atoms with Crippen LogP contribution in [0.25, 0.3) is 0 Å². The molecule has 8 nitrogen and oxygen atoms in total. The monoisotopic (exact) mass is 816 g/mol. The molecule has 0 aliphatic heterocycles. The lowest BCUT2D eigenvalue weighted by molar-refractivity contribution is -0.870. The van der Waals surface area contributed by atoms with Gasteiger partial charge in [0.1, 0.15) is 13.2 Å². The summed E-state index contributed by atoms with van der Waals surface area (Å²) >= 11 is 0. The molecule has 0 rings (SSSR count). The van der Waals surface area contributed by atoms with Crippen LogP contribution in [-0.2, 0) is 18.4 Å².